The van der Waals surface area contributed by atoms with E-state index in [0.29, 0.717) is 28.0 Å². The molecule has 0 atom stereocenters. The number of amides is 2. The topological polar surface area (TPSA) is 99.8 Å². The highest BCUT2D eigenvalue weighted by Crippen LogP contribution is 2.38. The second kappa shape index (κ2) is 7.82. The highest BCUT2D eigenvalue weighted by Gasteiger charge is 2.27. The van der Waals surface area contributed by atoms with Crippen LogP contribution >= 0.6 is 11.6 Å². The van der Waals surface area contributed by atoms with Crippen molar-refractivity contribution in [2.45, 2.75) is 18.8 Å². The van der Waals surface area contributed by atoms with Gasteiger partial charge in [-0.2, -0.15) is 5.10 Å². The van der Waals surface area contributed by atoms with E-state index in [0.717, 1.165) is 24.2 Å². The van der Waals surface area contributed by atoms with Gasteiger partial charge >= 0.3 is 0 Å². The Balaban J connectivity index is 1.31. The second-order valence-electron chi connectivity index (χ2n) is 6.61. The summed E-state index contributed by atoms with van der Waals surface area (Å²) < 4.78 is 0. The van der Waals surface area contributed by atoms with E-state index in [9.17, 15) is 9.59 Å². The van der Waals surface area contributed by atoms with Crippen LogP contribution in [0, 0.1) is 0 Å². The molecular weight excluding hydrogens is 378 g/mol. The standard InChI is InChI=1S/C20H18ClN5O2/c21-16-4-2-1-3-15(16)20(28)22-11-17(27)23-14-9-7-13(8-10-14)19-24-18(25-26-19)12-5-6-12/h1-4,7-10,12H,5-6,11H2,(H,22,28)(H,23,27)(H,24,25,26). The average molecular weight is 396 g/mol. The van der Waals surface area contributed by atoms with E-state index < -0.39 is 5.91 Å². The van der Waals surface area contributed by atoms with Crippen molar-refractivity contribution in [1.29, 1.82) is 0 Å². The van der Waals surface area contributed by atoms with Crippen molar-refractivity contribution >= 4 is 29.1 Å². The maximum atomic E-state index is 12.1. The lowest BCUT2D eigenvalue weighted by atomic mass is 10.2. The molecule has 4 rings (SSSR count). The molecule has 3 aromatic rings. The molecule has 0 aliphatic heterocycles. The molecule has 2 aromatic carbocycles. The van der Waals surface area contributed by atoms with Crippen molar-refractivity contribution in [1.82, 2.24) is 20.5 Å². The van der Waals surface area contributed by atoms with Gasteiger partial charge in [0, 0.05) is 17.2 Å². The van der Waals surface area contributed by atoms with Crippen LogP contribution in [-0.4, -0.2) is 33.5 Å². The fourth-order valence-corrected chi connectivity index (χ4v) is 2.97. The molecule has 1 heterocycles. The molecule has 1 aromatic heterocycles. The number of carbonyl (C=O) groups excluding carboxylic acids is 2. The molecule has 0 bridgehead atoms. The molecule has 1 saturated carbocycles. The number of benzene rings is 2. The lowest BCUT2D eigenvalue weighted by Crippen LogP contribution is -2.32. The number of H-pyrrole nitrogens is 1. The lowest BCUT2D eigenvalue weighted by Gasteiger charge is -2.08. The minimum atomic E-state index is -0.396. The first-order valence-electron chi connectivity index (χ1n) is 8.95. The van der Waals surface area contributed by atoms with Crippen LogP contribution in [0.5, 0.6) is 0 Å². The van der Waals surface area contributed by atoms with Crippen LogP contribution in [0.4, 0.5) is 5.69 Å². The van der Waals surface area contributed by atoms with E-state index in [1.165, 1.54) is 0 Å². The van der Waals surface area contributed by atoms with Gasteiger partial charge in [0.2, 0.25) is 5.91 Å². The third kappa shape index (κ3) is 4.20. The summed E-state index contributed by atoms with van der Waals surface area (Å²) in [6.45, 7) is -0.155. The highest BCUT2D eigenvalue weighted by molar-refractivity contribution is 6.33. The van der Waals surface area contributed by atoms with Gasteiger partial charge in [-0.25, -0.2) is 4.98 Å². The van der Waals surface area contributed by atoms with Gasteiger partial charge in [0.25, 0.3) is 5.91 Å². The molecule has 1 aliphatic carbocycles. The largest absolute Gasteiger partial charge is 0.343 e. The number of carbonyl (C=O) groups is 2. The molecule has 1 fully saturated rings. The molecular formula is C20H18ClN5O2. The van der Waals surface area contributed by atoms with Crippen molar-refractivity contribution in [2.75, 3.05) is 11.9 Å². The second-order valence-corrected chi connectivity index (χ2v) is 7.01. The zero-order valence-electron chi connectivity index (χ0n) is 14.9. The number of hydrogen-bond donors (Lipinski definition) is 3. The zero-order chi connectivity index (χ0) is 19.5. The Morgan fingerprint density at radius 2 is 1.86 bits per heavy atom. The van der Waals surface area contributed by atoms with E-state index in [1.54, 1.807) is 36.4 Å². The number of nitrogens with one attached hydrogen (secondary N) is 3. The number of aromatic amines is 1. The Hall–Kier alpha value is -3.19. The van der Waals surface area contributed by atoms with Crippen LogP contribution in [0.1, 0.15) is 34.9 Å². The van der Waals surface area contributed by atoms with Gasteiger partial charge < -0.3 is 10.6 Å². The predicted molar refractivity (Wildman–Crippen MR) is 106 cm³/mol. The highest BCUT2D eigenvalue weighted by atomic mass is 35.5. The molecule has 142 valence electrons. The summed E-state index contributed by atoms with van der Waals surface area (Å²) in [5.41, 5.74) is 1.82. The molecule has 0 spiro atoms. The van der Waals surface area contributed by atoms with Crippen molar-refractivity contribution in [3.05, 3.63) is 64.9 Å². The summed E-state index contributed by atoms with van der Waals surface area (Å²) in [6, 6.07) is 13.9. The molecule has 28 heavy (non-hydrogen) atoms. The Labute approximate surface area is 166 Å². The Morgan fingerprint density at radius 1 is 1.11 bits per heavy atom. The van der Waals surface area contributed by atoms with Crippen molar-refractivity contribution in [2.24, 2.45) is 0 Å². The first-order valence-corrected chi connectivity index (χ1v) is 9.33. The quantitative estimate of drug-likeness (QED) is 0.595. The van der Waals surface area contributed by atoms with Crippen LogP contribution in [0.3, 0.4) is 0 Å². The van der Waals surface area contributed by atoms with Gasteiger partial charge in [0.15, 0.2) is 5.82 Å². The summed E-state index contributed by atoms with van der Waals surface area (Å²) in [7, 11) is 0. The molecule has 0 unspecified atom stereocenters. The SMILES string of the molecule is O=C(CNC(=O)c1ccccc1Cl)Nc1ccc(-c2n[nH]c(C3CC3)n2)cc1. The fourth-order valence-electron chi connectivity index (χ4n) is 2.75. The van der Waals surface area contributed by atoms with E-state index in [4.69, 9.17) is 11.6 Å². The summed E-state index contributed by atoms with van der Waals surface area (Å²) in [6.07, 6.45) is 2.32. The van der Waals surface area contributed by atoms with Crippen LogP contribution in [0.25, 0.3) is 11.4 Å². The first-order chi connectivity index (χ1) is 13.6. The number of halogens is 1. The monoisotopic (exact) mass is 395 g/mol. The summed E-state index contributed by atoms with van der Waals surface area (Å²) in [5, 5.41) is 12.9. The Kier molecular flexibility index (Phi) is 5.08. The molecule has 0 saturated heterocycles. The normalized spacial score (nSPS) is 13.2. The first kappa shape index (κ1) is 18.2. The molecule has 3 N–H and O–H groups in total. The van der Waals surface area contributed by atoms with Gasteiger partial charge in [-0.05, 0) is 49.2 Å². The summed E-state index contributed by atoms with van der Waals surface area (Å²) in [5.74, 6) is 1.36. The maximum Gasteiger partial charge on any atom is 0.253 e. The third-order valence-electron chi connectivity index (χ3n) is 4.42. The number of hydrogen-bond acceptors (Lipinski definition) is 4. The average Bonchev–Trinajstić information content (AvgIpc) is 3.44. The van der Waals surface area contributed by atoms with Gasteiger partial charge in [0.1, 0.15) is 5.82 Å². The van der Waals surface area contributed by atoms with Crippen LogP contribution < -0.4 is 10.6 Å². The smallest absolute Gasteiger partial charge is 0.253 e. The van der Waals surface area contributed by atoms with E-state index in [1.807, 2.05) is 12.1 Å². The van der Waals surface area contributed by atoms with Crippen molar-refractivity contribution < 1.29 is 9.59 Å². The van der Waals surface area contributed by atoms with E-state index in [2.05, 4.69) is 25.8 Å². The summed E-state index contributed by atoms with van der Waals surface area (Å²) >= 11 is 5.98. The van der Waals surface area contributed by atoms with Gasteiger partial charge in [-0.15, -0.1) is 0 Å². The Bertz CT molecular complexity index is 1010. The lowest BCUT2D eigenvalue weighted by molar-refractivity contribution is -0.115. The van der Waals surface area contributed by atoms with Gasteiger partial charge in [-0.1, -0.05) is 23.7 Å². The minimum Gasteiger partial charge on any atom is -0.343 e. The number of anilines is 1. The van der Waals surface area contributed by atoms with Crippen LogP contribution in [0.2, 0.25) is 5.02 Å². The Morgan fingerprint density at radius 3 is 2.57 bits per heavy atom. The van der Waals surface area contributed by atoms with Crippen LogP contribution in [-0.2, 0) is 4.79 Å². The van der Waals surface area contributed by atoms with E-state index in [-0.39, 0.29) is 12.5 Å². The molecule has 1 aliphatic rings. The predicted octanol–water partition coefficient (Wildman–Crippen LogP) is 3.37. The number of aromatic nitrogens is 3. The van der Waals surface area contributed by atoms with Crippen molar-refractivity contribution in [3.8, 4) is 11.4 Å². The molecule has 0 radical (unpaired) electrons. The van der Waals surface area contributed by atoms with Gasteiger partial charge in [-0.3, -0.25) is 14.7 Å². The van der Waals surface area contributed by atoms with E-state index >= 15 is 0 Å². The maximum absolute atomic E-state index is 12.1. The fraction of sp³-hybridized carbons (Fsp3) is 0.200. The molecule has 7 nitrogen and oxygen atoms in total. The number of nitrogens with zero attached hydrogens (tertiary/aromatic N) is 2. The number of rotatable bonds is 6. The van der Waals surface area contributed by atoms with Crippen LogP contribution in [0.15, 0.2) is 48.5 Å². The summed E-state index contributed by atoms with van der Waals surface area (Å²) in [4.78, 5) is 28.7. The van der Waals surface area contributed by atoms with Gasteiger partial charge in [0.05, 0.1) is 17.1 Å². The minimum absolute atomic E-state index is 0.155. The third-order valence-corrected chi connectivity index (χ3v) is 4.75. The van der Waals surface area contributed by atoms with Crippen molar-refractivity contribution in [3.63, 3.8) is 0 Å². The zero-order valence-corrected chi connectivity index (χ0v) is 15.7. The molecule has 2 amide bonds. The molecule has 8 heteroatoms.